The second-order valence-electron chi connectivity index (χ2n) is 6.32. The van der Waals surface area contributed by atoms with Crippen LogP contribution in [0, 0.1) is 0 Å². The van der Waals surface area contributed by atoms with Crippen LogP contribution in [0.2, 0.25) is 0 Å². The van der Waals surface area contributed by atoms with E-state index >= 15 is 0 Å². The van der Waals surface area contributed by atoms with E-state index in [1.54, 1.807) is 0 Å². The maximum absolute atomic E-state index is 12.1. The number of rotatable bonds is 8. The van der Waals surface area contributed by atoms with Crippen molar-refractivity contribution in [3.63, 3.8) is 0 Å². The zero-order valence-corrected chi connectivity index (χ0v) is 15.4. The molecule has 3 aromatic rings. The minimum atomic E-state index is 0.00752. The SMILES string of the molecule is CC(NC(=O)CCNc1ccc(Oc2ccccc2)cc1)c1ccccc1. The number of amides is 1. The lowest BCUT2D eigenvalue weighted by Crippen LogP contribution is -2.28. The van der Waals surface area contributed by atoms with Crippen molar-refractivity contribution in [3.05, 3.63) is 90.5 Å². The fourth-order valence-electron chi connectivity index (χ4n) is 2.72. The molecule has 0 radical (unpaired) electrons. The van der Waals surface area contributed by atoms with Crippen LogP contribution < -0.4 is 15.4 Å². The van der Waals surface area contributed by atoms with Gasteiger partial charge in [0.15, 0.2) is 0 Å². The highest BCUT2D eigenvalue weighted by atomic mass is 16.5. The van der Waals surface area contributed by atoms with E-state index in [-0.39, 0.29) is 11.9 Å². The molecule has 0 bridgehead atoms. The Bertz CT molecular complexity index is 833. The first kappa shape index (κ1) is 18.5. The van der Waals surface area contributed by atoms with Crippen LogP contribution >= 0.6 is 0 Å². The standard InChI is InChI=1S/C23H24N2O2/c1-18(19-8-4-2-5-9-19)25-23(26)16-17-24-20-12-14-22(15-13-20)27-21-10-6-3-7-11-21/h2-15,18,24H,16-17H2,1H3,(H,25,26). The number of ether oxygens (including phenoxy) is 1. The zero-order chi connectivity index (χ0) is 18.9. The molecule has 0 aliphatic rings. The van der Waals surface area contributed by atoms with Crippen LogP contribution in [0.1, 0.15) is 24.9 Å². The van der Waals surface area contributed by atoms with Crippen molar-refractivity contribution in [1.29, 1.82) is 0 Å². The lowest BCUT2D eigenvalue weighted by molar-refractivity contribution is -0.121. The lowest BCUT2D eigenvalue weighted by atomic mass is 10.1. The summed E-state index contributed by atoms with van der Waals surface area (Å²) < 4.78 is 5.77. The van der Waals surface area contributed by atoms with Crippen LogP contribution in [0.4, 0.5) is 5.69 Å². The Morgan fingerprint density at radius 1 is 0.852 bits per heavy atom. The fraction of sp³-hybridized carbons (Fsp3) is 0.174. The normalized spacial score (nSPS) is 11.4. The summed E-state index contributed by atoms with van der Waals surface area (Å²) in [6.45, 7) is 2.57. The first-order valence-corrected chi connectivity index (χ1v) is 9.12. The summed E-state index contributed by atoms with van der Waals surface area (Å²) in [6.07, 6.45) is 0.416. The molecule has 0 aliphatic heterocycles. The fourth-order valence-corrected chi connectivity index (χ4v) is 2.72. The van der Waals surface area contributed by atoms with E-state index in [0.717, 1.165) is 22.7 Å². The minimum absolute atomic E-state index is 0.00752. The Labute approximate surface area is 160 Å². The molecular weight excluding hydrogens is 336 g/mol. The van der Waals surface area contributed by atoms with Gasteiger partial charge in [-0.2, -0.15) is 0 Å². The summed E-state index contributed by atoms with van der Waals surface area (Å²) >= 11 is 0. The topological polar surface area (TPSA) is 50.4 Å². The first-order chi connectivity index (χ1) is 13.2. The molecule has 0 aromatic heterocycles. The Morgan fingerprint density at radius 3 is 2.11 bits per heavy atom. The number of nitrogens with one attached hydrogen (secondary N) is 2. The quantitative estimate of drug-likeness (QED) is 0.583. The molecule has 138 valence electrons. The summed E-state index contributed by atoms with van der Waals surface area (Å²) in [7, 11) is 0. The van der Waals surface area contributed by atoms with Gasteiger partial charge in [0.1, 0.15) is 11.5 Å². The molecule has 0 fully saturated rings. The highest BCUT2D eigenvalue weighted by Crippen LogP contribution is 2.22. The largest absolute Gasteiger partial charge is 0.457 e. The van der Waals surface area contributed by atoms with Crippen molar-refractivity contribution in [2.45, 2.75) is 19.4 Å². The number of hydrogen-bond donors (Lipinski definition) is 2. The number of carbonyl (C=O) groups excluding carboxylic acids is 1. The van der Waals surface area contributed by atoms with Gasteiger partial charge in [0.05, 0.1) is 6.04 Å². The molecule has 4 heteroatoms. The monoisotopic (exact) mass is 360 g/mol. The van der Waals surface area contributed by atoms with Gasteiger partial charge in [0, 0.05) is 18.7 Å². The highest BCUT2D eigenvalue weighted by molar-refractivity contribution is 5.77. The molecule has 1 unspecified atom stereocenters. The molecule has 27 heavy (non-hydrogen) atoms. The van der Waals surface area contributed by atoms with Gasteiger partial charge in [-0.05, 0) is 48.9 Å². The summed E-state index contributed by atoms with van der Waals surface area (Å²) in [4.78, 5) is 12.1. The van der Waals surface area contributed by atoms with Crippen molar-refractivity contribution in [3.8, 4) is 11.5 Å². The van der Waals surface area contributed by atoms with Gasteiger partial charge in [0.25, 0.3) is 0 Å². The lowest BCUT2D eigenvalue weighted by Gasteiger charge is -2.14. The van der Waals surface area contributed by atoms with Gasteiger partial charge in [-0.1, -0.05) is 48.5 Å². The maximum atomic E-state index is 12.1. The number of anilines is 1. The summed E-state index contributed by atoms with van der Waals surface area (Å²) in [5, 5.41) is 6.28. The van der Waals surface area contributed by atoms with Crippen LogP contribution in [-0.2, 0) is 4.79 Å². The molecular formula is C23H24N2O2. The van der Waals surface area contributed by atoms with E-state index in [1.165, 1.54) is 0 Å². The van der Waals surface area contributed by atoms with Crippen LogP contribution in [0.3, 0.4) is 0 Å². The Kier molecular flexibility index (Phi) is 6.47. The number of benzene rings is 3. The van der Waals surface area contributed by atoms with E-state index < -0.39 is 0 Å². The van der Waals surface area contributed by atoms with Crippen molar-refractivity contribution < 1.29 is 9.53 Å². The van der Waals surface area contributed by atoms with Gasteiger partial charge in [-0.25, -0.2) is 0 Å². The minimum Gasteiger partial charge on any atom is -0.457 e. The number of para-hydroxylation sites is 1. The molecule has 0 aliphatic carbocycles. The van der Waals surface area contributed by atoms with Gasteiger partial charge >= 0.3 is 0 Å². The molecule has 1 atom stereocenters. The maximum Gasteiger partial charge on any atom is 0.222 e. The molecule has 4 nitrogen and oxygen atoms in total. The second-order valence-corrected chi connectivity index (χ2v) is 6.32. The average Bonchev–Trinajstić information content (AvgIpc) is 2.71. The van der Waals surface area contributed by atoms with E-state index in [9.17, 15) is 4.79 Å². The Morgan fingerprint density at radius 2 is 1.44 bits per heavy atom. The van der Waals surface area contributed by atoms with Crippen molar-refractivity contribution in [2.24, 2.45) is 0 Å². The molecule has 0 heterocycles. The molecule has 0 saturated heterocycles. The smallest absolute Gasteiger partial charge is 0.222 e. The Balaban J connectivity index is 1.41. The predicted octanol–water partition coefficient (Wildman–Crippen LogP) is 5.16. The van der Waals surface area contributed by atoms with Crippen molar-refractivity contribution >= 4 is 11.6 Å². The average molecular weight is 360 g/mol. The van der Waals surface area contributed by atoms with Crippen LogP contribution in [0.25, 0.3) is 0 Å². The Hall–Kier alpha value is -3.27. The van der Waals surface area contributed by atoms with Crippen molar-refractivity contribution in [1.82, 2.24) is 5.32 Å². The van der Waals surface area contributed by atoms with Crippen molar-refractivity contribution in [2.75, 3.05) is 11.9 Å². The molecule has 0 saturated carbocycles. The molecule has 3 aromatic carbocycles. The molecule has 3 rings (SSSR count). The molecule has 0 spiro atoms. The van der Waals surface area contributed by atoms with Gasteiger partial charge < -0.3 is 15.4 Å². The summed E-state index contributed by atoms with van der Waals surface area (Å²) in [5.74, 6) is 1.62. The summed E-state index contributed by atoms with van der Waals surface area (Å²) in [6, 6.07) is 27.3. The number of hydrogen-bond acceptors (Lipinski definition) is 3. The van der Waals surface area contributed by atoms with E-state index in [2.05, 4.69) is 10.6 Å². The third-order valence-electron chi connectivity index (χ3n) is 4.19. The molecule has 1 amide bonds. The van der Waals surface area contributed by atoms with Crippen LogP contribution in [-0.4, -0.2) is 12.5 Å². The first-order valence-electron chi connectivity index (χ1n) is 9.12. The summed E-state index contributed by atoms with van der Waals surface area (Å²) in [5.41, 5.74) is 2.06. The van der Waals surface area contributed by atoms with Crippen LogP contribution in [0.5, 0.6) is 11.5 Å². The number of carbonyl (C=O) groups is 1. The third kappa shape index (κ3) is 5.89. The third-order valence-corrected chi connectivity index (χ3v) is 4.19. The van der Waals surface area contributed by atoms with Crippen LogP contribution in [0.15, 0.2) is 84.9 Å². The van der Waals surface area contributed by atoms with E-state index in [0.29, 0.717) is 13.0 Å². The van der Waals surface area contributed by atoms with Gasteiger partial charge in [-0.3, -0.25) is 4.79 Å². The second kappa shape index (κ2) is 9.43. The predicted molar refractivity (Wildman–Crippen MR) is 109 cm³/mol. The van der Waals surface area contributed by atoms with Gasteiger partial charge in [-0.15, -0.1) is 0 Å². The van der Waals surface area contributed by atoms with Gasteiger partial charge in [0.2, 0.25) is 5.91 Å². The van der Waals surface area contributed by atoms with E-state index in [4.69, 9.17) is 4.74 Å². The highest BCUT2D eigenvalue weighted by Gasteiger charge is 2.08. The zero-order valence-electron chi connectivity index (χ0n) is 15.4. The molecule has 2 N–H and O–H groups in total. The van der Waals surface area contributed by atoms with E-state index in [1.807, 2.05) is 91.9 Å².